The molecule has 0 fully saturated rings. The molecule has 0 saturated heterocycles. The molecule has 0 aliphatic carbocycles. The van der Waals surface area contributed by atoms with Gasteiger partial charge in [-0.25, -0.2) is 14.8 Å². The first-order valence-electron chi connectivity index (χ1n) is 7.37. The minimum absolute atomic E-state index is 0.422. The van der Waals surface area contributed by atoms with Gasteiger partial charge in [0.1, 0.15) is 5.60 Å². The number of aromatic nitrogens is 3. The van der Waals surface area contributed by atoms with Crippen LogP contribution < -0.4 is 10.1 Å². The molecule has 0 spiro atoms. The molecule has 0 radical (unpaired) electrons. The van der Waals surface area contributed by atoms with Gasteiger partial charge < -0.3 is 19.4 Å². The largest absolute Gasteiger partial charge is 0.481 e. The van der Waals surface area contributed by atoms with E-state index in [1.807, 2.05) is 31.4 Å². The third-order valence-corrected chi connectivity index (χ3v) is 2.97. The molecule has 1 amide bonds. The van der Waals surface area contributed by atoms with Gasteiger partial charge >= 0.3 is 6.09 Å². The number of rotatable bonds is 5. The smallest absolute Gasteiger partial charge is 0.407 e. The van der Waals surface area contributed by atoms with Crippen LogP contribution in [0.2, 0.25) is 0 Å². The van der Waals surface area contributed by atoms with Crippen molar-refractivity contribution >= 4 is 6.09 Å². The Morgan fingerprint density at radius 2 is 2.09 bits per heavy atom. The summed E-state index contributed by atoms with van der Waals surface area (Å²) in [5.74, 6) is 0.557. The topological polar surface area (TPSA) is 78.3 Å². The lowest BCUT2D eigenvalue weighted by Gasteiger charge is -2.19. The van der Waals surface area contributed by atoms with Gasteiger partial charge in [0.05, 0.1) is 25.3 Å². The van der Waals surface area contributed by atoms with Crippen LogP contribution in [0.4, 0.5) is 4.79 Å². The summed E-state index contributed by atoms with van der Waals surface area (Å²) in [5.41, 5.74) is 1.35. The molecule has 2 heterocycles. The molecule has 7 heteroatoms. The summed E-state index contributed by atoms with van der Waals surface area (Å²) < 4.78 is 12.2. The van der Waals surface area contributed by atoms with Gasteiger partial charge in [0.25, 0.3) is 0 Å². The zero-order valence-electron chi connectivity index (χ0n) is 13.9. The Labute approximate surface area is 135 Å². The van der Waals surface area contributed by atoms with Crippen LogP contribution >= 0.6 is 0 Å². The Kier molecular flexibility index (Phi) is 5.20. The van der Waals surface area contributed by atoms with E-state index in [0.717, 1.165) is 11.4 Å². The first-order chi connectivity index (χ1) is 10.9. The lowest BCUT2D eigenvalue weighted by molar-refractivity contribution is 0.0528. The Hall–Kier alpha value is -2.57. The molecule has 0 unspecified atom stereocenters. The fraction of sp³-hybridized carbons (Fsp3) is 0.438. The summed E-state index contributed by atoms with van der Waals surface area (Å²) in [6, 6.07) is 3.69. The van der Waals surface area contributed by atoms with Crippen molar-refractivity contribution in [3.63, 3.8) is 0 Å². The monoisotopic (exact) mass is 318 g/mol. The lowest BCUT2D eigenvalue weighted by atomic mass is 10.2. The molecule has 7 nitrogen and oxygen atoms in total. The summed E-state index contributed by atoms with van der Waals surface area (Å²) in [6.45, 7) is 5.96. The number of carbonyl (C=O) groups excluding carboxylic acids is 1. The molecule has 0 aliphatic rings. The number of hydrogen-bond donors (Lipinski definition) is 1. The average Bonchev–Trinajstić information content (AvgIpc) is 2.94. The molecule has 2 rings (SSSR count). The van der Waals surface area contributed by atoms with Crippen molar-refractivity contribution in [3.05, 3.63) is 36.5 Å². The van der Waals surface area contributed by atoms with Gasteiger partial charge in [-0.2, -0.15) is 0 Å². The normalized spacial score (nSPS) is 11.1. The van der Waals surface area contributed by atoms with E-state index < -0.39 is 11.7 Å². The van der Waals surface area contributed by atoms with Gasteiger partial charge in [0.15, 0.2) is 0 Å². The van der Waals surface area contributed by atoms with Crippen molar-refractivity contribution in [2.45, 2.75) is 32.8 Å². The highest BCUT2D eigenvalue weighted by molar-refractivity contribution is 5.67. The van der Waals surface area contributed by atoms with Crippen LogP contribution in [0, 0.1) is 0 Å². The highest BCUT2D eigenvalue weighted by atomic mass is 16.6. The quantitative estimate of drug-likeness (QED) is 0.915. The number of carbonyl (C=O) groups is 1. The van der Waals surface area contributed by atoms with Gasteiger partial charge in [-0.05, 0) is 26.8 Å². The predicted molar refractivity (Wildman–Crippen MR) is 85.9 cm³/mol. The maximum absolute atomic E-state index is 11.6. The highest BCUT2D eigenvalue weighted by Crippen LogP contribution is 2.14. The molecular formula is C16H22N4O3. The van der Waals surface area contributed by atoms with Crippen LogP contribution in [-0.4, -0.2) is 39.9 Å². The second-order valence-corrected chi connectivity index (χ2v) is 5.99. The molecular weight excluding hydrogens is 296 g/mol. The zero-order valence-corrected chi connectivity index (χ0v) is 13.9. The number of methoxy groups -OCH3 is 1. The van der Waals surface area contributed by atoms with Crippen LogP contribution in [-0.2, 0) is 11.2 Å². The maximum atomic E-state index is 11.6. The second-order valence-electron chi connectivity index (χ2n) is 5.99. The standard InChI is InChI=1S/C16H22N4O3/c1-16(2,3)23-15(21)18-8-7-13-9-17-11-20(13)12-5-6-14(22-4)19-10-12/h5-6,9-11H,7-8H2,1-4H3,(H,18,21). The van der Waals surface area contributed by atoms with Gasteiger partial charge in [-0.15, -0.1) is 0 Å². The fourth-order valence-electron chi connectivity index (χ4n) is 1.98. The number of alkyl carbamates (subject to hydrolysis) is 1. The van der Waals surface area contributed by atoms with Crippen molar-refractivity contribution in [1.29, 1.82) is 0 Å². The average molecular weight is 318 g/mol. The van der Waals surface area contributed by atoms with Crippen molar-refractivity contribution < 1.29 is 14.3 Å². The molecule has 0 aromatic carbocycles. The molecule has 23 heavy (non-hydrogen) atoms. The zero-order chi connectivity index (χ0) is 16.9. The van der Waals surface area contributed by atoms with E-state index in [1.165, 1.54) is 0 Å². The van der Waals surface area contributed by atoms with E-state index in [0.29, 0.717) is 18.8 Å². The third-order valence-electron chi connectivity index (χ3n) is 2.97. The maximum Gasteiger partial charge on any atom is 0.407 e. The minimum atomic E-state index is -0.499. The van der Waals surface area contributed by atoms with E-state index >= 15 is 0 Å². The molecule has 2 aromatic heterocycles. The van der Waals surface area contributed by atoms with E-state index in [4.69, 9.17) is 9.47 Å². The van der Waals surface area contributed by atoms with E-state index in [-0.39, 0.29) is 0 Å². The van der Waals surface area contributed by atoms with Gasteiger partial charge in [0, 0.05) is 30.9 Å². The van der Waals surface area contributed by atoms with Crippen molar-refractivity contribution in [3.8, 4) is 11.6 Å². The van der Waals surface area contributed by atoms with E-state index in [1.54, 1.807) is 31.9 Å². The molecule has 1 N–H and O–H groups in total. The summed E-state index contributed by atoms with van der Waals surface area (Å²) in [6.07, 6.45) is 5.40. The first kappa shape index (κ1) is 16.8. The van der Waals surface area contributed by atoms with Gasteiger partial charge in [0.2, 0.25) is 5.88 Å². The van der Waals surface area contributed by atoms with Crippen LogP contribution in [0.3, 0.4) is 0 Å². The number of nitrogens with one attached hydrogen (secondary N) is 1. The number of hydrogen-bond acceptors (Lipinski definition) is 5. The van der Waals surface area contributed by atoms with Gasteiger partial charge in [-0.1, -0.05) is 0 Å². The molecule has 0 aliphatic heterocycles. The molecule has 124 valence electrons. The minimum Gasteiger partial charge on any atom is -0.481 e. The Morgan fingerprint density at radius 3 is 2.70 bits per heavy atom. The second kappa shape index (κ2) is 7.13. The SMILES string of the molecule is COc1ccc(-n2cncc2CCNC(=O)OC(C)(C)C)cn1. The number of nitrogens with zero attached hydrogens (tertiary/aromatic N) is 3. The van der Waals surface area contributed by atoms with Gasteiger partial charge in [-0.3, -0.25) is 0 Å². The molecule has 0 bridgehead atoms. The predicted octanol–water partition coefficient (Wildman–Crippen LogP) is 2.34. The summed E-state index contributed by atoms with van der Waals surface area (Å²) in [5, 5.41) is 2.74. The number of amides is 1. The number of pyridine rings is 1. The summed E-state index contributed by atoms with van der Waals surface area (Å²) in [4.78, 5) is 20.0. The number of imidazole rings is 1. The summed E-state index contributed by atoms with van der Waals surface area (Å²) >= 11 is 0. The Bertz CT molecular complexity index is 644. The van der Waals surface area contributed by atoms with Crippen LogP contribution in [0.25, 0.3) is 5.69 Å². The van der Waals surface area contributed by atoms with Crippen molar-refractivity contribution in [2.75, 3.05) is 13.7 Å². The van der Waals surface area contributed by atoms with Crippen LogP contribution in [0.1, 0.15) is 26.5 Å². The van der Waals surface area contributed by atoms with E-state index in [9.17, 15) is 4.79 Å². The first-order valence-corrected chi connectivity index (χ1v) is 7.37. The lowest BCUT2D eigenvalue weighted by Crippen LogP contribution is -2.33. The van der Waals surface area contributed by atoms with Crippen LogP contribution in [0.15, 0.2) is 30.9 Å². The molecule has 0 atom stereocenters. The number of ether oxygens (including phenoxy) is 2. The van der Waals surface area contributed by atoms with Crippen LogP contribution in [0.5, 0.6) is 5.88 Å². The van der Waals surface area contributed by atoms with Crippen molar-refractivity contribution in [1.82, 2.24) is 19.9 Å². The fourth-order valence-corrected chi connectivity index (χ4v) is 1.98. The highest BCUT2D eigenvalue weighted by Gasteiger charge is 2.15. The van der Waals surface area contributed by atoms with E-state index in [2.05, 4.69) is 15.3 Å². The Balaban J connectivity index is 1.94. The molecule has 2 aromatic rings. The molecule has 0 saturated carbocycles. The Morgan fingerprint density at radius 1 is 1.30 bits per heavy atom. The summed E-state index contributed by atoms with van der Waals surface area (Å²) in [7, 11) is 1.58. The third kappa shape index (κ3) is 4.98. The van der Waals surface area contributed by atoms with Crippen molar-refractivity contribution in [2.24, 2.45) is 0 Å².